The minimum atomic E-state index is -3.68. The summed E-state index contributed by atoms with van der Waals surface area (Å²) in [5, 5.41) is 7.82. The van der Waals surface area contributed by atoms with Crippen LogP contribution in [0.15, 0.2) is 46.3 Å². The zero-order valence-electron chi connectivity index (χ0n) is 13.0. The van der Waals surface area contributed by atoms with Crippen LogP contribution in [-0.2, 0) is 23.1 Å². The Bertz CT molecular complexity index is 904. The topological polar surface area (TPSA) is 116 Å². The Balaban J connectivity index is 1.67. The lowest BCUT2D eigenvalue weighted by Crippen LogP contribution is -2.23. The molecule has 0 aliphatic rings. The molecule has 0 spiro atoms. The van der Waals surface area contributed by atoms with Gasteiger partial charge in [0.1, 0.15) is 4.90 Å². The predicted octanol–water partition coefficient (Wildman–Crippen LogP) is 1.22. The number of aryl methyl sites for hydroxylation is 1. The fourth-order valence-corrected chi connectivity index (χ4v) is 2.94. The predicted molar refractivity (Wildman–Crippen MR) is 84.1 cm³/mol. The first kappa shape index (κ1) is 16.3. The first-order valence-electron chi connectivity index (χ1n) is 7.33. The lowest BCUT2D eigenvalue weighted by atomic mass is 10.3. The summed E-state index contributed by atoms with van der Waals surface area (Å²) in [7, 11) is -3.68. The van der Waals surface area contributed by atoms with E-state index in [1.165, 1.54) is 12.4 Å². The second kappa shape index (κ2) is 6.89. The standard InChI is InChI=1S/C14H16N6O3S/c1-2-6-20-10-12(8-16-20)24(21,22)17-9-13-18-14(19-23-13)11-4-3-5-15-7-11/h3-5,7-8,10,17H,2,6,9H2,1H3. The lowest BCUT2D eigenvalue weighted by molar-refractivity contribution is 0.376. The van der Waals surface area contributed by atoms with Gasteiger partial charge < -0.3 is 4.52 Å². The smallest absolute Gasteiger partial charge is 0.244 e. The third-order valence-electron chi connectivity index (χ3n) is 3.17. The summed E-state index contributed by atoms with van der Waals surface area (Å²) in [5.74, 6) is 0.520. The molecule has 0 aliphatic heterocycles. The molecule has 3 aromatic heterocycles. The Morgan fingerprint density at radius 2 is 2.21 bits per heavy atom. The van der Waals surface area contributed by atoms with Crippen molar-refractivity contribution in [3.63, 3.8) is 0 Å². The molecule has 3 heterocycles. The summed E-state index contributed by atoms with van der Waals surface area (Å²) in [5.41, 5.74) is 0.691. The van der Waals surface area contributed by atoms with Crippen molar-refractivity contribution in [1.82, 2.24) is 29.6 Å². The van der Waals surface area contributed by atoms with Crippen LogP contribution in [0.3, 0.4) is 0 Å². The summed E-state index contributed by atoms with van der Waals surface area (Å²) >= 11 is 0. The van der Waals surface area contributed by atoms with Gasteiger partial charge in [-0.2, -0.15) is 10.1 Å². The lowest BCUT2D eigenvalue weighted by Gasteiger charge is -2.01. The second-order valence-corrected chi connectivity index (χ2v) is 6.78. The fraction of sp³-hybridized carbons (Fsp3) is 0.286. The molecule has 0 fully saturated rings. The summed E-state index contributed by atoms with van der Waals surface area (Å²) in [6.45, 7) is 2.55. The van der Waals surface area contributed by atoms with Crippen LogP contribution in [-0.4, -0.2) is 33.3 Å². The van der Waals surface area contributed by atoms with Crippen molar-refractivity contribution >= 4 is 10.0 Å². The summed E-state index contributed by atoms with van der Waals surface area (Å²) < 4.78 is 33.5. The molecular formula is C14H16N6O3S. The largest absolute Gasteiger partial charge is 0.338 e. The molecule has 10 heteroatoms. The van der Waals surface area contributed by atoms with E-state index >= 15 is 0 Å². The Morgan fingerprint density at radius 3 is 2.96 bits per heavy atom. The molecule has 0 saturated carbocycles. The van der Waals surface area contributed by atoms with Crippen molar-refractivity contribution in [1.29, 1.82) is 0 Å². The highest BCUT2D eigenvalue weighted by Crippen LogP contribution is 2.14. The van der Waals surface area contributed by atoms with Crippen LogP contribution in [0.1, 0.15) is 19.2 Å². The molecule has 3 rings (SSSR count). The number of aromatic nitrogens is 5. The number of hydrogen-bond acceptors (Lipinski definition) is 7. The van der Waals surface area contributed by atoms with Gasteiger partial charge in [0, 0.05) is 30.7 Å². The monoisotopic (exact) mass is 348 g/mol. The van der Waals surface area contributed by atoms with Crippen molar-refractivity contribution in [2.45, 2.75) is 31.3 Å². The Morgan fingerprint density at radius 1 is 1.33 bits per heavy atom. The van der Waals surface area contributed by atoms with Crippen LogP contribution in [0.5, 0.6) is 0 Å². The molecule has 3 aromatic rings. The van der Waals surface area contributed by atoms with E-state index in [2.05, 4.69) is 24.9 Å². The van der Waals surface area contributed by atoms with Crippen LogP contribution in [0.2, 0.25) is 0 Å². The van der Waals surface area contributed by atoms with Gasteiger partial charge in [-0.05, 0) is 18.6 Å². The van der Waals surface area contributed by atoms with Gasteiger partial charge in [0.2, 0.25) is 21.7 Å². The maximum atomic E-state index is 12.2. The van der Waals surface area contributed by atoms with Crippen molar-refractivity contribution in [3.8, 4) is 11.4 Å². The van der Waals surface area contributed by atoms with Crippen molar-refractivity contribution in [2.24, 2.45) is 0 Å². The van der Waals surface area contributed by atoms with E-state index < -0.39 is 10.0 Å². The van der Waals surface area contributed by atoms with E-state index in [0.717, 1.165) is 6.42 Å². The quantitative estimate of drug-likeness (QED) is 0.682. The van der Waals surface area contributed by atoms with E-state index in [4.69, 9.17) is 4.52 Å². The SMILES string of the molecule is CCCn1cc(S(=O)(=O)NCc2nc(-c3cccnc3)no2)cn1. The molecule has 1 N–H and O–H groups in total. The van der Waals surface area contributed by atoms with Crippen LogP contribution in [0.25, 0.3) is 11.4 Å². The highest BCUT2D eigenvalue weighted by molar-refractivity contribution is 7.89. The van der Waals surface area contributed by atoms with Gasteiger partial charge in [-0.1, -0.05) is 12.1 Å². The highest BCUT2D eigenvalue weighted by Gasteiger charge is 2.18. The molecule has 24 heavy (non-hydrogen) atoms. The molecule has 0 unspecified atom stereocenters. The van der Waals surface area contributed by atoms with Crippen molar-refractivity contribution in [2.75, 3.05) is 0 Å². The second-order valence-electron chi connectivity index (χ2n) is 5.02. The van der Waals surface area contributed by atoms with Gasteiger partial charge in [0.15, 0.2) is 0 Å². The zero-order valence-corrected chi connectivity index (χ0v) is 13.8. The molecule has 0 saturated heterocycles. The van der Waals surface area contributed by atoms with Gasteiger partial charge >= 0.3 is 0 Å². The van der Waals surface area contributed by atoms with Crippen LogP contribution in [0.4, 0.5) is 0 Å². The third kappa shape index (κ3) is 3.66. The van der Waals surface area contributed by atoms with Crippen molar-refractivity contribution < 1.29 is 12.9 Å². The molecule has 0 atom stereocenters. The van der Waals surface area contributed by atoms with Crippen LogP contribution < -0.4 is 4.72 Å². The summed E-state index contributed by atoms with van der Waals surface area (Å²) in [6.07, 6.45) is 6.90. The number of hydrogen-bond donors (Lipinski definition) is 1. The number of rotatable bonds is 7. The van der Waals surface area contributed by atoms with E-state index in [9.17, 15) is 8.42 Å². The number of nitrogens with zero attached hydrogens (tertiary/aromatic N) is 5. The van der Waals surface area contributed by atoms with Gasteiger partial charge in [0.25, 0.3) is 0 Å². The maximum absolute atomic E-state index is 12.2. The highest BCUT2D eigenvalue weighted by atomic mass is 32.2. The van der Waals surface area contributed by atoms with Gasteiger partial charge in [-0.15, -0.1) is 0 Å². The third-order valence-corrected chi connectivity index (χ3v) is 4.53. The van der Waals surface area contributed by atoms with Crippen LogP contribution in [0, 0.1) is 0 Å². The molecular weight excluding hydrogens is 332 g/mol. The first-order valence-corrected chi connectivity index (χ1v) is 8.82. The van der Waals surface area contributed by atoms with E-state index in [1.807, 2.05) is 6.92 Å². The summed E-state index contributed by atoms with van der Waals surface area (Å²) in [6, 6.07) is 3.54. The van der Waals surface area contributed by atoms with E-state index in [0.29, 0.717) is 17.9 Å². The Kier molecular flexibility index (Phi) is 4.67. The minimum Gasteiger partial charge on any atom is -0.338 e. The minimum absolute atomic E-state index is 0.1000. The Labute approximate surface area is 138 Å². The molecule has 0 bridgehead atoms. The average Bonchev–Trinajstić information content (AvgIpc) is 3.24. The zero-order chi connectivity index (χ0) is 17.0. The number of nitrogens with one attached hydrogen (secondary N) is 1. The number of pyridine rings is 1. The van der Waals surface area contributed by atoms with E-state index in [1.54, 1.807) is 29.2 Å². The molecule has 0 radical (unpaired) electrons. The summed E-state index contributed by atoms with van der Waals surface area (Å²) in [4.78, 5) is 8.22. The molecule has 126 valence electrons. The van der Waals surface area contributed by atoms with Crippen LogP contribution >= 0.6 is 0 Å². The van der Waals surface area contributed by atoms with Gasteiger partial charge in [-0.3, -0.25) is 9.67 Å². The maximum Gasteiger partial charge on any atom is 0.244 e. The van der Waals surface area contributed by atoms with Crippen molar-refractivity contribution in [3.05, 3.63) is 42.8 Å². The van der Waals surface area contributed by atoms with Gasteiger partial charge in [0.05, 0.1) is 12.7 Å². The molecule has 9 nitrogen and oxygen atoms in total. The number of sulfonamides is 1. The normalized spacial score (nSPS) is 11.7. The van der Waals surface area contributed by atoms with E-state index in [-0.39, 0.29) is 17.3 Å². The average molecular weight is 348 g/mol. The molecule has 0 aliphatic carbocycles. The molecule has 0 aromatic carbocycles. The Hall–Kier alpha value is -2.59. The fourth-order valence-electron chi connectivity index (χ4n) is 2.01. The first-order chi connectivity index (χ1) is 11.6. The van der Waals surface area contributed by atoms with Gasteiger partial charge in [-0.25, -0.2) is 13.1 Å². The molecule has 0 amide bonds.